The lowest BCUT2D eigenvalue weighted by molar-refractivity contribution is 0.203. The smallest absolute Gasteiger partial charge is 0.134 e. The van der Waals surface area contributed by atoms with E-state index in [1.54, 1.807) is 6.07 Å². The van der Waals surface area contributed by atoms with Crippen molar-refractivity contribution in [2.45, 2.75) is 19.8 Å². The molecule has 0 unspecified atom stereocenters. The Kier molecular flexibility index (Phi) is 3.61. The minimum Gasteiger partial charge on any atom is -0.396 e. The molecule has 0 amide bonds. The lowest BCUT2D eigenvalue weighted by Gasteiger charge is -2.32. The Balaban J connectivity index is 2.08. The quantitative estimate of drug-likeness (QED) is 0.800. The summed E-state index contributed by atoms with van der Waals surface area (Å²) in [6, 6.07) is 1.80. The first-order valence-electron chi connectivity index (χ1n) is 5.56. The largest absolute Gasteiger partial charge is 0.396 e. The van der Waals surface area contributed by atoms with Crippen LogP contribution in [-0.2, 0) is 0 Å². The Bertz CT molecular complexity index is 344. The Morgan fingerprint density at radius 2 is 2.12 bits per heavy atom. The summed E-state index contributed by atoms with van der Waals surface area (Å²) in [5.74, 6) is 2.04. The van der Waals surface area contributed by atoms with Crippen LogP contribution in [-0.4, -0.2) is 34.8 Å². The number of aliphatic hydroxyl groups is 1. The zero-order valence-electron chi connectivity index (χ0n) is 9.36. The van der Waals surface area contributed by atoms with Gasteiger partial charge in [0.1, 0.15) is 16.8 Å². The van der Waals surface area contributed by atoms with E-state index < -0.39 is 0 Å². The molecule has 1 aromatic heterocycles. The van der Waals surface area contributed by atoms with Crippen molar-refractivity contribution in [3.63, 3.8) is 0 Å². The fourth-order valence-electron chi connectivity index (χ4n) is 2.02. The average molecular weight is 242 g/mol. The van der Waals surface area contributed by atoms with Crippen LogP contribution < -0.4 is 4.90 Å². The van der Waals surface area contributed by atoms with E-state index in [1.807, 2.05) is 6.92 Å². The van der Waals surface area contributed by atoms with Crippen LogP contribution in [0.2, 0.25) is 5.15 Å². The Morgan fingerprint density at radius 1 is 1.44 bits per heavy atom. The molecule has 2 heterocycles. The SMILES string of the molecule is Cc1nc(Cl)cc(N2CCC(CO)CC2)n1. The van der Waals surface area contributed by atoms with Gasteiger partial charge in [-0.3, -0.25) is 0 Å². The molecule has 2 rings (SSSR count). The van der Waals surface area contributed by atoms with Gasteiger partial charge in [0, 0.05) is 25.8 Å². The second-order valence-corrected chi connectivity index (χ2v) is 4.60. The van der Waals surface area contributed by atoms with Crippen LogP contribution in [0.3, 0.4) is 0 Å². The van der Waals surface area contributed by atoms with Crippen LogP contribution in [0, 0.1) is 12.8 Å². The minimum atomic E-state index is 0.289. The first-order chi connectivity index (χ1) is 7.69. The number of rotatable bonds is 2. The molecule has 1 aromatic rings. The van der Waals surface area contributed by atoms with Crippen molar-refractivity contribution >= 4 is 17.4 Å². The van der Waals surface area contributed by atoms with E-state index in [1.165, 1.54) is 0 Å². The van der Waals surface area contributed by atoms with E-state index in [-0.39, 0.29) is 6.61 Å². The van der Waals surface area contributed by atoms with E-state index in [9.17, 15) is 0 Å². The second kappa shape index (κ2) is 4.97. The molecule has 88 valence electrons. The van der Waals surface area contributed by atoms with Gasteiger partial charge in [0.15, 0.2) is 0 Å². The number of nitrogens with zero attached hydrogens (tertiary/aromatic N) is 3. The molecular weight excluding hydrogens is 226 g/mol. The number of aliphatic hydroxyl groups excluding tert-OH is 1. The van der Waals surface area contributed by atoms with Crippen molar-refractivity contribution in [1.29, 1.82) is 0 Å². The number of halogens is 1. The molecule has 0 atom stereocenters. The second-order valence-electron chi connectivity index (χ2n) is 4.21. The number of aromatic nitrogens is 2. The van der Waals surface area contributed by atoms with Crippen molar-refractivity contribution in [2.75, 3.05) is 24.6 Å². The summed E-state index contributed by atoms with van der Waals surface area (Å²) >= 11 is 5.91. The highest BCUT2D eigenvalue weighted by molar-refractivity contribution is 6.29. The Hall–Kier alpha value is -0.870. The summed E-state index contributed by atoms with van der Waals surface area (Å²) in [6.07, 6.45) is 2.02. The number of piperidine rings is 1. The highest BCUT2D eigenvalue weighted by Crippen LogP contribution is 2.23. The molecule has 0 spiro atoms. The molecule has 0 bridgehead atoms. The van der Waals surface area contributed by atoms with Crippen LogP contribution in [0.15, 0.2) is 6.07 Å². The summed E-state index contributed by atoms with van der Waals surface area (Å²) in [4.78, 5) is 10.6. The van der Waals surface area contributed by atoms with Crippen molar-refractivity contribution in [1.82, 2.24) is 9.97 Å². The van der Waals surface area contributed by atoms with Gasteiger partial charge in [-0.05, 0) is 25.7 Å². The van der Waals surface area contributed by atoms with Crippen LogP contribution in [0.4, 0.5) is 5.82 Å². The van der Waals surface area contributed by atoms with Crippen molar-refractivity contribution in [3.05, 3.63) is 17.0 Å². The summed E-state index contributed by atoms with van der Waals surface area (Å²) in [6.45, 7) is 3.99. The fourth-order valence-corrected chi connectivity index (χ4v) is 2.24. The van der Waals surface area contributed by atoms with Gasteiger partial charge in [-0.15, -0.1) is 0 Å². The van der Waals surface area contributed by atoms with Gasteiger partial charge < -0.3 is 10.0 Å². The molecule has 0 aromatic carbocycles. The predicted molar refractivity (Wildman–Crippen MR) is 63.8 cm³/mol. The van der Waals surface area contributed by atoms with Gasteiger partial charge in [0.25, 0.3) is 0 Å². The van der Waals surface area contributed by atoms with Crippen LogP contribution in [0.1, 0.15) is 18.7 Å². The topological polar surface area (TPSA) is 49.2 Å². The molecule has 16 heavy (non-hydrogen) atoms. The molecular formula is C11H16ClN3O. The van der Waals surface area contributed by atoms with Crippen LogP contribution >= 0.6 is 11.6 Å². The number of hydrogen-bond donors (Lipinski definition) is 1. The molecule has 1 aliphatic rings. The fraction of sp³-hybridized carbons (Fsp3) is 0.636. The van der Waals surface area contributed by atoms with Crippen molar-refractivity contribution in [3.8, 4) is 0 Å². The normalized spacial score (nSPS) is 17.8. The number of anilines is 1. The van der Waals surface area contributed by atoms with E-state index in [4.69, 9.17) is 16.7 Å². The van der Waals surface area contributed by atoms with Gasteiger partial charge in [-0.25, -0.2) is 9.97 Å². The summed E-state index contributed by atoms with van der Waals surface area (Å²) < 4.78 is 0. The summed E-state index contributed by atoms with van der Waals surface area (Å²) in [7, 11) is 0. The summed E-state index contributed by atoms with van der Waals surface area (Å²) in [5, 5.41) is 9.56. The molecule has 0 radical (unpaired) electrons. The number of aryl methyl sites for hydroxylation is 1. The highest BCUT2D eigenvalue weighted by atomic mass is 35.5. The third-order valence-corrected chi connectivity index (χ3v) is 3.18. The van der Waals surface area contributed by atoms with Gasteiger partial charge in [0.2, 0.25) is 0 Å². The zero-order chi connectivity index (χ0) is 11.5. The Labute approximate surface area is 100 Å². The minimum absolute atomic E-state index is 0.289. The molecule has 0 saturated carbocycles. The molecule has 1 fully saturated rings. The molecule has 0 aliphatic carbocycles. The summed E-state index contributed by atoms with van der Waals surface area (Å²) in [5.41, 5.74) is 0. The van der Waals surface area contributed by atoms with Gasteiger partial charge in [-0.1, -0.05) is 11.6 Å². The number of hydrogen-bond acceptors (Lipinski definition) is 4. The first kappa shape index (κ1) is 11.6. The lowest BCUT2D eigenvalue weighted by Crippen LogP contribution is -2.35. The van der Waals surface area contributed by atoms with Gasteiger partial charge >= 0.3 is 0 Å². The molecule has 1 aliphatic heterocycles. The molecule has 1 saturated heterocycles. The molecule has 5 heteroatoms. The van der Waals surface area contributed by atoms with E-state index in [0.717, 1.165) is 31.7 Å². The van der Waals surface area contributed by atoms with Gasteiger partial charge in [0.05, 0.1) is 0 Å². The average Bonchev–Trinajstić information content (AvgIpc) is 2.28. The van der Waals surface area contributed by atoms with Gasteiger partial charge in [-0.2, -0.15) is 0 Å². The maximum atomic E-state index is 9.07. The maximum Gasteiger partial charge on any atom is 0.134 e. The van der Waals surface area contributed by atoms with Crippen LogP contribution in [0.5, 0.6) is 0 Å². The van der Waals surface area contributed by atoms with E-state index in [2.05, 4.69) is 14.9 Å². The van der Waals surface area contributed by atoms with Crippen LogP contribution in [0.25, 0.3) is 0 Å². The highest BCUT2D eigenvalue weighted by Gasteiger charge is 2.19. The van der Waals surface area contributed by atoms with Crippen molar-refractivity contribution in [2.24, 2.45) is 5.92 Å². The molecule has 1 N–H and O–H groups in total. The first-order valence-corrected chi connectivity index (χ1v) is 5.94. The Morgan fingerprint density at radius 3 is 2.69 bits per heavy atom. The lowest BCUT2D eigenvalue weighted by atomic mass is 9.98. The zero-order valence-corrected chi connectivity index (χ0v) is 10.1. The standard InChI is InChI=1S/C11H16ClN3O/c1-8-13-10(12)6-11(14-8)15-4-2-9(7-16)3-5-15/h6,9,16H,2-5,7H2,1H3. The monoisotopic (exact) mass is 241 g/mol. The third kappa shape index (κ3) is 2.62. The van der Waals surface area contributed by atoms with E-state index >= 15 is 0 Å². The maximum absolute atomic E-state index is 9.07. The van der Waals surface area contributed by atoms with E-state index in [0.29, 0.717) is 16.9 Å². The third-order valence-electron chi connectivity index (χ3n) is 2.99. The van der Waals surface area contributed by atoms with Crippen molar-refractivity contribution < 1.29 is 5.11 Å². The predicted octanol–water partition coefficient (Wildman–Crippen LogP) is 1.65. The molecule has 4 nitrogen and oxygen atoms in total.